The van der Waals surface area contributed by atoms with Gasteiger partial charge in [-0.05, 0) is 37.3 Å². The second kappa shape index (κ2) is 5.11. The molecule has 0 spiro atoms. The molecule has 1 nitrogen and oxygen atoms in total. The molecule has 1 aliphatic carbocycles. The van der Waals surface area contributed by atoms with E-state index in [0.29, 0.717) is 0 Å². The highest BCUT2D eigenvalue weighted by Crippen LogP contribution is 2.35. The van der Waals surface area contributed by atoms with Crippen molar-refractivity contribution in [3.63, 3.8) is 0 Å². The fraction of sp³-hybridized carbons (Fsp3) is 0.500. The number of carbonyl (C=O) groups is 1. The Morgan fingerprint density at radius 1 is 1.27 bits per heavy atom. The molecule has 0 fully saturated rings. The second-order valence-corrected chi connectivity index (χ2v) is 4.05. The zero-order valence-electron chi connectivity index (χ0n) is 9.92. The van der Waals surface area contributed by atoms with Crippen molar-refractivity contribution < 1.29 is 4.79 Å². The molecule has 0 aliphatic heterocycles. The van der Waals surface area contributed by atoms with E-state index in [-0.39, 0.29) is 5.41 Å². The van der Waals surface area contributed by atoms with E-state index in [9.17, 15) is 4.79 Å². The average molecular weight is 204 g/mol. The van der Waals surface area contributed by atoms with Crippen LogP contribution in [0, 0.1) is 0 Å². The maximum Gasteiger partial charge on any atom is 0.130 e. The molecule has 0 amide bonds. The van der Waals surface area contributed by atoms with Crippen LogP contribution in [0.1, 0.15) is 44.7 Å². The van der Waals surface area contributed by atoms with Crippen LogP contribution in [0.2, 0.25) is 0 Å². The molecular formula is C14H20O. The van der Waals surface area contributed by atoms with Crippen molar-refractivity contribution in [2.24, 2.45) is 0 Å². The van der Waals surface area contributed by atoms with Crippen LogP contribution in [0.3, 0.4) is 0 Å². The van der Waals surface area contributed by atoms with E-state index in [2.05, 4.69) is 18.2 Å². The van der Waals surface area contributed by atoms with Crippen LogP contribution < -0.4 is 0 Å². The maximum absolute atomic E-state index is 11.0. The number of aryl methyl sites for hydroxylation is 1. The van der Waals surface area contributed by atoms with Gasteiger partial charge in [0.15, 0.2) is 0 Å². The lowest BCUT2D eigenvalue weighted by molar-refractivity contribution is -0.112. The normalized spacial score (nSPS) is 23.4. The van der Waals surface area contributed by atoms with Gasteiger partial charge in [-0.1, -0.05) is 38.1 Å². The summed E-state index contributed by atoms with van der Waals surface area (Å²) in [6.07, 6.45) is 4.35. The predicted molar refractivity (Wildman–Crippen MR) is 64.1 cm³/mol. The molecule has 15 heavy (non-hydrogen) atoms. The monoisotopic (exact) mass is 204 g/mol. The quantitative estimate of drug-likeness (QED) is 0.640. The molecular weight excluding hydrogens is 184 g/mol. The van der Waals surface area contributed by atoms with Crippen molar-refractivity contribution in [1.82, 2.24) is 0 Å². The van der Waals surface area contributed by atoms with E-state index in [1.54, 1.807) is 0 Å². The molecule has 1 atom stereocenters. The Morgan fingerprint density at radius 2 is 1.93 bits per heavy atom. The smallest absolute Gasteiger partial charge is 0.130 e. The number of hydrogen-bond donors (Lipinski definition) is 0. The second-order valence-electron chi connectivity index (χ2n) is 4.05. The van der Waals surface area contributed by atoms with Crippen molar-refractivity contribution in [3.8, 4) is 0 Å². The van der Waals surface area contributed by atoms with Gasteiger partial charge in [0.25, 0.3) is 0 Å². The molecule has 0 aromatic heterocycles. The molecule has 82 valence electrons. The van der Waals surface area contributed by atoms with Crippen LogP contribution in [0.25, 0.3) is 0 Å². The van der Waals surface area contributed by atoms with Crippen LogP contribution in [0.5, 0.6) is 0 Å². The van der Waals surface area contributed by atoms with Crippen LogP contribution in [-0.4, -0.2) is 6.29 Å². The lowest BCUT2D eigenvalue weighted by Crippen LogP contribution is -2.28. The summed E-state index contributed by atoms with van der Waals surface area (Å²) < 4.78 is 0. The first-order chi connectivity index (χ1) is 7.26. The summed E-state index contributed by atoms with van der Waals surface area (Å²) in [5.74, 6) is 0. The van der Waals surface area contributed by atoms with E-state index >= 15 is 0 Å². The zero-order chi connectivity index (χ0) is 11.3. The number of rotatable bonds is 1. The van der Waals surface area contributed by atoms with Gasteiger partial charge < -0.3 is 4.79 Å². The van der Waals surface area contributed by atoms with Gasteiger partial charge in [0, 0.05) is 5.41 Å². The highest BCUT2D eigenvalue weighted by Gasteiger charge is 2.30. The molecule has 0 radical (unpaired) electrons. The van der Waals surface area contributed by atoms with Crippen LogP contribution in [0.15, 0.2) is 24.3 Å². The molecule has 0 saturated carbocycles. The Kier molecular flexibility index (Phi) is 4.07. The molecule has 1 heteroatoms. The van der Waals surface area contributed by atoms with Crippen LogP contribution >= 0.6 is 0 Å². The summed E-state index contributed by atoms with van der Waals surface area (Å²) in [6, 6.07) is 8.29. The molecule has 0 N–H and O–H groups in total. The largest absolute Gasteiger partial charge is 0.302 e. The number of carbonyl (C=O) groups excluding carboxylic acids is 1. The minimum atomic E-state index is -0.227. The van der Waals surface area contributed by atoms with Gasteiger partial charge in [-0.3, -0.25) is 0 Å². The zero-order valence-corrected chi connectivity index (χ0v) is 9.92. The number of fused-ring (bicyclic) bond motifs is 1. The topological polar surface area (TPSA) is 17.1 Å². The Hall–Kier alpha value is -1.11. The first-order valence-corrected chi connectivity index (χ1v) is 5.81. The van der Waals surface area contributed by atoms with Gasteiger partial charge >= 0.3 is 0 Å². The van der Waals surface area contributed by atoms with Crippen molar-refractivity contribution in [1.29, 1.82) is 0 Å². The standard InChI is InChI=1S/C12H14O.C2H6/c1-12(9-13)8-4-6-10-5-2-3-7-11(10)12;1-2/h2-3,5,7,9H,4,6,8H2,1H3;1-2H3. The summed E-state index contributed by atoms with van der Waals surface area (Å²) in [7, 11) is 0. The molecule has 1 unspecified atom stereocenters. The Balaban J connectivity index is 0.000000531. The van der Waals surface area contributed by atoms with Gasteiger partial charge in [-0.25, -0.2) is 0 Å². The van der Waals surface area contributed by atoms with Crippen molar-refractivity contribution in [2.45, 2.75) is 45.4 Å². The van der Waals surface area contributed by atoms with Gasteiger partial charge in [0.05, 0.1) is 0 Å². The molecule has 1 aromatic rings. The Labute approximate surface area is 92.5 Å². The summed E-state index contributed by atoms with van der Waals surface area (Å²) in [5.41, 5.74) is 2.36. The minimum absolute atomic E-state index is 0.227. The summed E-state index contributed by atoms with van der Waals surface area (Å²) >= 11 is 0. The lowest BCUT2D eigenvalue weighted by Gasteiger charge is -2.30. The van der Waals surface area contributed by atoms with E-state index in [1.807, 2.05) is 26.8 Å². The van der Waals surface area contributed by atoms with Gasteiger partial charge in [0.1, 0.15) is 6.29 Å². The molecule has 0 heterocycles. The minimum Gasteiger partial charge on any atom is -0.302 e. The first kappa shape index (κ1) is 12.0. The van der Waals surface area contributed by atoms with Crippen LogP contribution in [0.4, 0.5) is 0 Å². The van der Waals surface area contributed by atoms with E-state index in [0.717, 1.165) is 25.5 Å². The molecule has 1 aromatic carbocycles. The average Bonchev–Trinajstić information content (AvgIpc) is 2.32. The Bertz CT molecular complexity index is 330. The highest BCUT2D eigenvalue weighted by atomic mass is 16.1. The summed E-state index contributed by atoms with van der Waals surface area (Å²) in [4.78, 5) is 11.0. The third kappa shape index (κ3) is 2.28. The summed E-state index contributed by atoms with van der Waals surface area (Å²) in [5, 5.41) is 0. The summed E-state index contributed by atoms with van der Waals surface area (Å²) in [6.45, 7) is 6.04. The third-order valence-corrected chi connectivity index (χ3v) is 3.03. The van der Waals surface area contributed by atoms with Crippen LogP contribution in [-0.2, 0) is 16.6 Å². The Morgan fingerprint density at radius 3 is 2.60 bits per heavy atom. The lowest BCUT2D eigenvalue weighted by atomic mass is 9.72. The van der Waals surface area contributed by atoms with E-state index in [1.165, 1.54) is 11.1 Å². The third-order valence-electron chi connectivity index (χ3n) is 3.03. The first-order valence-electron chi connectivity index (χ1n) is 5.81. The van der Waals surface area contributed by atoms with E-state index in [4.69, 9.17) is 0 Å². The molecule has 2 rings (SSSR count). The number of aldehydes is 1. The highest BCUT2D eigenvalue weighted by molar-refractivity contribution is 5.69. The van der Waals surface area contributed by atoms with E-state index < -0.39 is 0 Å². The SMILES string of the molecule is CC.CC1(C=O)CCCc2ccccc21. The van der Waals surface area contributed by atoms with Crippen molar-refractivity contribution in [3.05, 3.63) is 35.4 Å². The van der Waals surface area contributed by atoms with Gasteiger partial charge in [-0.15, -0.1) is 0 Å². The fourth-order valence-electron chi connectivity index (χ4n) is 2.20. The van der Waals surface area contributed by atoms with Crippen molar-refractivity contribution in [2.75, 3.05) is 0 Å². The van der Waals surface area contributed by atoms with Gasteiger partial charge in [-0.2, -0.15) is 0 Å². The number of hydrogen-bond acceptors (Lipinski definition) is 1. The maximum atomic E-state index is 11.0. The number of benzene rings is 1. The molecule has 0 saturated heterocycles. The molecule has 0 bridgehead atoms. The van der Waals surface area contributed by atoms with Crippen molar-refractivity contribution >= 4 is 6.29 Å². The molecule has 1 aliphatic rings. The van der Waals surface area contributed by atoms with Gasteiger partial charge in [0.2, 0.25) is 0 Å². The predicted octanol–water partition coefficient (Wildman–Crippen LogP) is 3.51. The fourth-order valence-corrected chi connectivity index (χ4v) is 2.20.